The molecule has 0 unspecified atom stereocenters. The fourth-order valence-electron chi connectivity index (χ4n) is 1.27. The fraction of sp³-hybridized carbons (Fsp3) is 0.400. The summed E-state index contributed by atoms with van der Waals surface area (Å²) in [5.74, 6) is 0. The molecular weight excluding hydrogens is 287 g/mol. The molecule has 0 aliphatic rings. The Kier molecular flexibility index (Phi) is 4.35. The van der Waals surface area contributed by atoms with Crippen LogP contribution in [0.5, 0.6) is 0 Å². The first-order valence-electron chi connectivity index (χ1n) is 4.47. The number of rotatable bonds is 3. The molecule has 0 saturated carbocycles. The Morgan fingerprint density at radius 1 is 1.44 bits per heavy atom. The zero-order chi connectivity index (χ0) is 12.3. The lowest BCUT2D eigenvalue weighted by molar-refractivity contribution is -0.137. The number of benzene rings is 1. The number of alkyl halides is 3. The van der Waals surface area contributed by atoms with Crippen molar-refractivity contribution in [2.24, 2.45) is 5.73 Å². The average Bonchev–Trinajstić information content (AvgIpc) is 2.16. The minimum Gasteiger partial charge on any atom is -0.383 e. The summed E-state index contributed by atoms with van der Waals surface area (Å²) in [4.78, 5) is 0. The fourth-order valence-corrected chi connectivity index (χ4v) is 1.81. The first kappa shape index (κ1) is 13.5. The van der Waals surface area contributed by atoms with E-state index in [1.807, 2.05) is 0 Å². The van der Waals surface area contributed by atoms with Gasteiger partial charge in [0.2, 0.25) is 0 Å². The van der Waals surface area contributed by atoms with Crippen LogP contribution in [-0.4, -0.2) is 13.7 Å². The molecule has 0 heterocycles. The molecule has 0 aliphatic carbocycles. The molecule has 90 valence electrons. The van der Waals surface area contributed by atoms with E-state index in [0.717, 1.165) is 12.1 Å². The Bertz CT molecular complexity index is 368. The van der Waals surface area contributed by atoms with Crippen molar-refractivity contribution in [1.29, 1.82) is 0 Å². The first-order chi connectivity index (χ1) is 7.36. The second-order valence-corrected chi connectivity index (χ2v) is 4.15. The van der Waals surface area contributed by atoms with Crippen LogP contribution in [0, 0.1) is 0 Å². The maximum atomic E-state index is 12.5. The van der Waals surface area contributed by atoms with Crippen molar-refractivity contribution in [3.05, 3.63) is 33.8 Å². The van der Waals surface area contributed by atoms with E-state index in [2.05, 4.69) is 15.9 Å². The van der Waals surface area contributed by atoms with Gasteiger partial charge in [0, 0.05) is 11.6 Å². The summed E-state index contributed by atoms with van der Waals surface area (Å²) in [7, 11) is 1.45. The SMILES string of the molecule is COC[C@@H](N)c1cc(C(F)(F)F)ccc1Br. The van der Waals surface area contributed by atoms with Gasteiger partial charge in [0.05, 0.1) is 18.2 Å². The van der Waals surface area contributed by atoms with Crippen LogP contribution in [0.15, 0.2) is 22.7 Å². The molecule has 0 aromatic heterocycles. The smallest absolute Gasteiger partial charge is 0.383 e. The first-order valence-corrected chi connectivity index (χ1v) is 5.26. The minimum absolute atomic E-state index is 0.167. The van der Waals surface area contributed by atoms with Crippen LogP contribution in [0.3, 0.4) is 0 Å². The number of hydrogen-bond acceptors (Lipinski definition) is 2. The number of methoxy groups -OCH3 is 1. The highest BCUT2D eigenvalue weighted by atomic mass is 79.9. The molecule has 0 bridgehead atoms. The van der Waals surface area contributed by atoms with Crippen molar-refractivity contribution in [3.8, 4) is 0 Å². The normalized spacial score (nSPS) is 13.9. The van der Waals surface area contributed by atoms with Crippen LogP contribution < -0.4 is 5.73 Å². The van der Waals surface area contributed by atoms with E-state index in [4.69, 9.17) is 10.5 Å². The molecule has 1 rings (SSSR count). The van der Waals surface area contributed by atoms with Gasteiger partial charge in [-0.25, -0.2) is 0 Å². The molecule has 1 aromatic carbocycles. The summed E-state index contributed by atoms with van der Waals surface area (Å²) in [6.45, 7) is 0.167. The molecule has 6 heteroatoms. The molecule has 16 heavy (non-hydrogen) atoms. The molecule has 1 atom stereocenters. The van der Waals surface area contributed by atoms with Gasteiger partial charge < -0.3 is 10.5 Å². The Labute approximate surface area is 99.7 Å². The van der Waals surface area contributed by atoms with Gasteiger partial charge in [-0.15, -0.1) is 0 Å². The van der Waals surface area contributed by atoms with E-state index in [9.17, 15) is 13.2 Å². The lowest BCUT2D eigenvalue weighted by Crippen LogP contribution is -2.17. The molecule has 0 fully saturated rings. The van der Waals surface area contributed by atoms with Crippen molar-refractivity contribution in [2.45, 2.75) is 12.2 Å². The van der Waals surface area contributed by atoms with Crippen LogP contribution in [0.4, 0.5) is 13.2 Å². The van der Waals surface area contributed by atoms with Crippen LogP contribution >= 0.6 is 15.9 Å². The number of nitrogens with two attached hydrogens (primary N) is 1. The van der Waals surface area contributed by atoms with Gasteiger partial charge in [0.15, 0.2) is 0 Å². The maximum absolute atomic E-state index is 12.5. The van der Waals surface area contributed by atoms with E-state index in [1.165, 1.54) is 13.2 Å². The highest BCUT2D eigenvalue weighted by Gasteiger charge is 2.31. The summed E-state index contributed by atoms with van der Waals surface area (Å²) in [6, 6.07) is 2.80. The third kappa shape index (κ3) is 3.20. The molecule has 0 saturated heterocycles. The average molecular weight is 298 g/mol. The quantitative estimate of drug-likeness (QED) is 0.930. The zero-order valence-electron chi connectivity index (χ0n) is 8.51. The topological polar surface area (TPSA) is 35.2 Å². The maximum Gasteiger partial charge on any atom is 0.416 e. The summed E-state index contributed by atoms with van der Waals surface area (Å²) in [6.07, 6.45) is -4.36. The van der Waals surface area contributed by atoms with Gasteiger partial charge in [0.1, 0.15) is 0 Å². The molecule has 0 aliphatic heterocycles. The van der Waals surface area contributed by atoms with Gasteiger partial charge in [-0.2, -0.15) is 13.2 Å². The zero-order valence-corrected chi connectivity index (χ0v) is 10.1. The summed E-state index contributed by atoms with van der Waals surface area (Å²) in [5, 5.41) is 0. The predicted octanol–water partition coefficient (Wildman–Crippen LogP) is 3.11. The van der Waals surface area contributed by atoms with Crippen LogP contribution in [-0.2, 0) is 10.9 Å². The number of ether oxygens (including phenoxy) is 1. The molecule has 1 aromatic rings. The lowest BCUT2D eigenvalue weighted by Gasteiger charge is -2.15. The number of halogens is 4. The Morgan fingerprint density at radius 2 is 2.06 bits per heavy atom. The Balaban J connectivity index is 3.09. The van der Waals surface area contributed by atoms with Crippen molar-refractivity contribution in [2.75, 3.05) is 13.7 Å². The van der Waals surface area contributed by atoms with Crippen LogP contribution in [0.25, 0.3) is 0 Å². The Hall–Kier alpha value is -0.590. The highest BCUT2D eigenvalue weighted by Crippen LogP contribution is 2.33. The van der Waals surface area contributed by atoms with Gasteiger partial charge >= 0.3 is 6.18 Å². The molecule has 0 spiro atoms. The molecule has 2 nitrogen and oxygen atoms in total. The van der Waals surface area contributed by atoms with Gasteiger partial charge in [-0.1, -0.05) is 15.9 Å². The van der Waals surface area contributed by atoms with Crippen LogP contribution in [0.2, 0.25) is 0 Å². The van der Waals surface area contributed by atoms with Crippen LogP contribution in [0.1, 0.15) is 17.2 Å². The van der Waals surface area contributed by atoms with E-state index in [1.54, 1.807) is 0 Å². The third-order valence-electron chi connectivity index (χ3n) is 2.07. The predicted molar refractivity (Wildman–Crippen MR) is 57.9 cm³/mol. The molecule has 0 radical (unpaired) electrons. The summed E-state index contributed by atoms with van der Waals surface area (Å²) < 4.78 is 42.7. The lowest BCUT2D eigenvalue weighted by atomic mass is 10.0. The highest BCUT2D eigenvalue weighted by molar-refractivity contribution is 9.10. The second kappa shape index (κ2) is 5.16. The standard InChI is InChI=1S/C10H11BrF3NO/c1-16-5-9(15)7-4-6(10(12,13)14)2-3-8(7)11/h2-4,9H,5,15H2,1H3/t9-/m1/s1. The molecule has 0 amide bonds. The van der Waals surface area contributed by atoms with Gasteiger partial charge in [-0.3, -0.25) is 0 Å². The van der Waals surface area contributed by atoms with Crippen molar-refractivity contribution < 1.29 is 17.9 Å². The van der Waals surface area contributed by atoms with Crippen molar-refractivity contribution >= 4 is 15.9 Å². The van der Waals surface area contributed by atoms with E-state index in [-0.39, 0.29) is 6.61 Å². The minimum atomic E-state index is -4.36. The number of hydrogen-bond donors (Lipinski definition) is 1. The van der Waals surface area contributed by atoms with E-state index < -0.39 is 17.8 Å². The summed E-state index contributed by atoms with van der Waals surface area (Å²) in [5.41, 5.74) is 5.37. The largest absolute Gasteiger partial charge is 0.416 e. The Morgan fingerprint density at radius 3 is 2.56 bits per heavy atom. The molecular formula is C10H11BrF3NO. The van der Waals surface area contributed by atoms with E-state index in [0.29, 0.717) is 10.0 Å². The second-order valence-electron chi connectivity index (χ2n) is 3.30. The monoisotopic (exact) mass is 297 g/mol. The van der Waals surface area contributed by atoms with Crippen molar-refractivity contribution in [3.63, 3.8) is 0 Å². The van der Waals surface area contributed by atoms with E-state index >= 15 is 0 Å². The third-order valence-corrected chi connectivity index (χ3v) is 2.79. The summed E-state index contributed by atoms with van der Waals surface area (Å²) >= 11 is 3.16. The van der Waals surface area contributed by atoms with Crippen molar-refractivity contribution in [1.82, 2.24) is 0 Å². The van der Waals surface area contributed by atoms with Gasteiger partial charge in [-0.05, 0) is 23.8 Å². The molecule has 2 N–H and O–H groups in total. The van der Waals surface area contributed by atoms with Gasteiger partial charge in [0.25, 0.3) is 0 Å².